The van der Waals surface area contributed by atoms with Crippen molar-refractivity contribution in [3.8, 4) is 0 Å². The molecule has 0 aliphatic rings. The highest BCUT2D eigenvalue weighted by molar-refractivity contribution is 5.32. The van der Waals surface area contributed by atoms with E-state index in [0.29, 0.717) is 19.2 Å². The first kappa shape index (κ1) is 16.2. The molecule has 19 heavy (non-hydrogen) atoms. The molecule has 1 aromatic carbocycles. The Bertz CT molecular complexity index is 392. The Morgan fingerprint density at radius 1 is 1.32 bits per heavy atom. The second-order valence-electron chi connectivity index (χ2n) is 5.27. The predicted molar refractivity (Wildman–Crippen MR) is 79.5 cm³/mol. The van der Waals surface area contributed by atoms with Crippen LogP contribution in [0.1, 0.15) is 36.6 Å². The molecule has 0 radical (unpaired) electrons. The largest absolute Gasteiger partial charge is 0.387 e. The average molecular weight is 265 g/mol. The summed E-state index contributed by atoms with van der Waals surface area (Å²) in [5.74, 6) is 0. The van der Waals surface area contributed by atoms with Crippen molar-refractivity contribution in [2.24, 2.45) is 0 Å². The van der Waals surface area contributed by atoms with Gasteiger partial charge in [-0.3, -0.25) is 4.90 Å². The molecule has 108 valence electrons. The van der Waals surface area contributed by atoms with Crippen molar-refractivity contribution in [1.29, 1.82) is 0 Å². The van der Waals surface area contributed by atoms with E-state index in [2.05, 4.69) is 44.7 Å². The molecule has 1 aromatic rings. The molecule has 0 aliphatic carbocycles. The van der Waals surface area contributed by atoms with E-state index in [0.717, 1.165) is 17.7 Å². The molecule has 0 saturated carbocycles. The van der Waals surface area contributed by atoms with Crippen LogP contribution in [0, 0.1) is 13.8 Å². The predicted octanol–water partition coefficient (Wildman–Crippen LogP) is 2.69. The standard InChI is InChI=1S/C16H27NO2/c1-6-17(14(4)11-19-5)10-16(18)15-8-7-12(2)9-13(15)3/h7-9,14,16,18H,6,10-11H2,1-5H3. The van der Waals surface area contributed by atoms with Crippen molar-refractivity contribution in [2.45, 2.75) is 39.8 Å². The van der Waals surface area contributed by atoms with Gasteiger partial charge < -0.3 is 9.84 Å². The Balaban J connectivity index is 2.73. The molecule has 1 rings (SSSR count). The fourth-order valence-electron chi connectivity index (χ4n) is 2.49. The van der Waals surface area contributed by atoms with E-state index < -0.39 is 6.10 Å². The van der Waals surface area contributed by atoms with Crippen molar-refractivity contribution < 1.29 is 9.84 Å². The van der Waals surface area contributed by atoms with Crippen LogP contribution < -0.4 is 0 Å². The van der Waals surface area contributed by atoms with Crippen LogP contribution in [0.5, 0.6) is 0 Å². The molecule has 0 bridgehead atoms. The van der Waals surface area contributed by atoms with E-state index in [9.17, 15) is 5.11 Å². The molecular formula is C16H27NO2. The van der Waals surface area contributed by atoms with E-state index in [1.165, 1.54) is 5.56 Å². The zero-order valence-electron chi connectivity index (χ0n) is 12.8. The molecule has 3 nitrogen and oxygen atoms in total. The molecule has 2 unspecified atom stereocenters. The zero-order valence-corrected chi connectivity index (χ0v) is 12.8. The molecule has 0 aromatic heterocycles. The maximum absolute atomic E-state index is 10.4. The molecular weight excluding hydrogens is 238 g/mol. The smallest absolute Gasteiger partial charge is 0.0919 e. The second-order valence-corrected chi connectivity index (χ2v) is 5.27. The summed E-state index contributed by atoms with van der Waals surface area (Å²) in [4.78, 5) is 2.24. The van der Waals surface area contributed by atoms with Crippen molar-refractivity contribution in [3.63, 3.8) is 0 Å². The normalized spacial score (nSPS) is 14.7. The Labute approximate surface area is 117 Å². The molecule has 3 heteroatoms. The number of ether oxygens (including phenoxy) is 1. The Morgan fingerprint density at radius 2 is 2.00 bits per heavy atom. The monoisotopic (exact) mass is 265 g/mol. The lowest BCUT2D eigenvalue weighted by molar-refractivity contribution is 0.0579. The number of rotatable bonds is 7. The first-order valence-corrected chi connectivity index (χ1v) is 6.97. The van der Waals surface area contributed by atoms with Gasteiger partial charge in [0.05, 0.1) is 12.7 Å². The summed E-state index contributed by atoms with van der Waals surface area (Å²) >= 11 is 0. The Morgan fingerprint density at radius 3 is 2.53 bits per heavy atom. The topological polar surface area (TPSA) is 32.7 Å². The van der Waals surface area contributed by atoms with Crippen LogP contribution in [0.3, 0.4) is 0 Å². The molecule has 2 atom stereocenters. The van der Waals surface area contributed by atoms with Crippen LogP contribution in [0.15, 0.2) is 18.2 Å². The molecule has 0 amide bonds. The summed E-state index contributed by atoms with van der Waals surface area (Å²) in [5, 5.41) is 10.4. The van der Waals surface area contributed by atoms with Gasteiger partial charge in [-0.05, 0) is 38.4 Å². The maximum atomic E-state index is 10.4. The average Bonchev–Trinajstić information content (AvgIpc) is 2.35. The molecule has 0 heterocycles. The van der Waals surface area contributed by atoms with Crippen molar-refractivity contribution >= 4 is 0 Å². The van der Waals surface area contributed by atoms with Gasteiger partial charge in [0.25, 0.3) is 0 Å². The van der Waals surface area contributed by atoms with Gasteiger partial charge in [0.2, 0.25) is 0 Å². The number of hydrogen-bond acceptors (Lipinski definition) is 3. The second kappa shape index (κ2) is 7.63. The van der Waals surface area contributed by atoms with E-state index in [1.807, 2.05) is 6.07 Å². The quantitative estimate of drug-likeness (QED) is 0.823. The minimum Gasteiger partial charge on any atom is -0.387 e. The first-order valence-electron chi connectivity index (χ1n) is 6.97. The van der Waals surface area contributed by atoms with Gasteiger partial charge in [-0.25, -0.2) is 0 Å². The summed E-state index contributed by atoms with van der Waals surface area (Å²) < 4.78 is 5.19. The van der Waals surface area contributed by atoms with Crippen LogP contribution >= 0.6 is 0 Å². The van der Waals surface area contributed by atoms with Gasteiger partial charge in [0.1, 0.15) is 0 Å². The van der Waals surface area contributed by atoms with Gasteiger partial charge >= 0.3 is 0 Å². The lowest BCUT2D eigenvalue weighted by Crippen LogP contribution is -2.39. The maximum Gasteiger partial charge on any atom is 0.0919 e. The SMILES string of the molecule is CCN(CC(O)c1ccc(C)cc1C)C(C)COC. The van der Waals surface area contributed by atoms with E-state index >= 15 is 0 Å². The van der Waals surface area contributed by atoms with Gasteiger partial charge in [0, 0.05) is 19.7 Å². The van der Waals surface area contributed by atoms with Crippen LogP contribution in [-0.4, -0.2) is 42.9 Å². The van der Waals surface area contributed by atoms with Crippen LogP contribution in [0.4, 0.5) is 0 Å². The number of aliphatic hydroxyl groups is 1. The number of methoxy groups -OCH3 is 1. The molecule has 0 spiro atoms. The third kappa shape index (κ3) is 4.60. The van der Waals surface area contributed by atoms with Crippen molar-refractivity contribution in [2.75, 3.05) is 26.8 Å². The Hall–Kier alpha value is -0.900. The molecule has 0 saturated heterocycles. The highest BCUT2D eigenvalue weighted by Gasteiger charge is 2.18. The lowest BCUT2D eigenvalue weighted by atomic mass is 10.0. The van der Waals surface area contributed by atoms with E-state index in [1.54, 1.807) is 7.11 Å². The molecule has 0 fully saturated rings. The van der Waals surface area contributed by atoms with Gasteiger partial charge in [-0.1, -0.05) is 30.7 Å². The highest BCUT2D eigenvalue weighted by Crippen LogP contribution is 2.20. The Kier molecular flexibility index (Phi) is 6.49. The van der Waals surface area contributed by atoms with E-state index in [-0.39, 0.29) is 0 Å². The third-order valence-corrected chi connectivity index (χ3v) is 3.63. The summed E-state index contributed by atoms with van der Waals surface area (Å²) in [6.45, 7) is 10.6. The lowest BCUT2D eigenvalue weighted by Gasteiger charge is -2.30. The van der Waals surface area contributed by atoms with Gasteiger partial charge in [0.15, 0.2) is 0 Å². The number of aliphatic hydroxyl groups excluding tert-OH is 1. The number of likely N-dealkylation sites (N-methyl/N-ethyl adjacent to an activating group) is 1. The van der Waals surface area contributed by atoms with E-state index in [4.69, 9.17) is 4.74 Å². The molecule has 0 aliphatic heterocycles. The van der Waals surface area contributed by atoms with Crippen LogP contribution in [0.25, 0.3) is 0 Å². The summed E-state index contributed by atoms with van der Waals surface area (Å²) in [5.41, 5.74) is 3.41. The third-order valence-electron chi connectivity index (χ3n) is 3.63. The summed E-state index contributed by atoms with van der Waals surface area (Å²) in [6, 6.07) is 6.52. The van der Waals surface area contributed by atoms with Crippen molar-refractivity contribution in [1.82, 2.24) is 4.90 Å². The van der Waals surface area contributed by atoms with Crippen LogP contribution in [-0.2, 0) is 4.74 Å². The number of nitrogens with zero attached hydrogens (tertiary/aromatic N) is 1. The van der Waals surface area contributed by atoms with Gasteiger partial charge in [-0.15, -0.1) is 0 Å². The fraction of sp³-hybridized carbons (Fsp3) is 0.625. The number of benzene rings is 1. The van der Waals surface area contributed by atoms with Crippen LogP contribution in [0.2, 0.25) is 0 Å². The van der Waals surface area contributed by atoms with Crippen molar-refractivity contribution in [3.05, 3.63) is 34.9 Å². The summed E-state index contributed by atoms with van der Waals surface area (Å²) in [7, 11) is 1.71. The number of aryl methyl sites for hydroxylation is 2. The molecule has 1 N–H and O–H groups in total. The van der Waals surface area contributed by atoms with Gasteiger partial charge in [-0.2, -0.15) is 0 Å². The zero-order chi connectivity index (χ0) is 14.4. The first-order chi connectivity index (χ1) is 8.99. The highest BCUT2D eigenvalue weighted by atomic mass is 16.5. The fourth-order valence-corrected chi connectivity index (χ4v) is 2.49. The minimum absolute atomic E-state index is 0.315. The minimum atomic E-state index is -0.445. The summed E-state index contributed by atoms with van der Waals surface area (Å²) in [6.07, 6.45) is -0.445. The number of hydrogen-bond donors (Lipinski definition) is 1.